The predicted molar refractivity (Wildman–Crippen MR) is 44.1 cm³/mol. The standard InChI is InChI=1S/C6H10NO.C2H6.Rh/c1-4-7-5-8-6(2)3;1-2;/h7H,1-2,5H2,3H3;1-2H3;/q-1;;. The van der Waals surface area contributed by atoms with Gasteiger partial charge in [-0.3, -0.25) is 6.58 Å². The molecule has 0 unspecified atom stereocenters. The van der Waals surface area contributed by atoms with E-state index in [1.54, 1.807) is 6.92 Å². The van der Waals surface area contributed by atoms with Crippen molar-refractivity contribution in [1.82, 2.24) is 5.32 Å². The SMILES string of the molecule is C=[C-]NCOC(=C)C.CC.[Rh]. The molecule has 0 aromatic carbocycles. The molecule has 0 amide bonds. The maximum absolute atomic E-state index is 4.87. The molecule has 0 fully saturated rings. The van der Waals surface area contributed by atoms with Gasteiger partial charge in [-0.1, -0.05) is 20.4 Å². The van der Waals surface area contributed by atoms with Gasteiger partial charge in [0.25, 0.3) is 0 Å². The fourth-order valence-electron chi connectivity index (χ4n) is 0.210. The molecular formula is C8H16NORh-. The van der Waals surface area contributed by atoms with E-state index in [1.165, 1.54) is 0 Å². The minimum atomic E-state index is 0. The zero-order chi connectivity index (χ0) is 8.41. The van der Waals surface area contributed by atoms with Gasteiger partial charge in [-0.25, -0.2) is 0 Å². The maximum atomic E-state index is 4.87. The second kappa shape index (κ2) is 16.4. The first-order valence-corrected chi connectivity index (χ1v) is 3.30. The molecule has 0 saturated heterocycles. The molecule has 0 aliphatic carbocycles. The fourth-order valence-corrected chi connectivity index (χ4v) is 0.210. The van der Waals surface area contributed by atoms with Gasteiger partial charge in [0.1, 0.15) is 6.73 Å². The van der Waals surface area contributed by atoms with E-state index in [0.717, 1.165) is 0 Å². The second-order valence-electron chi connectivity index (χ2n) is 1.34. The van der Waals surface area contributed by atoms with Crippen LogP contribution >= 0.6 is 0 Å². The molecular weight excluding hydrogens is 229 g/mol. The molecule has 0 aliphatic heterocycles. The van der Waals surface area contributed by atoms with Gasteiger partial charge < -0.3 is 16.3 Å². The number of allylic oxidation sites excluding steroid dienone is 1. The molecule has 0 aromatic heterocycles. The van der Waals surface area contributed by atoms with E-state index in [9.17, 15) is 0 Å². The summed E-state index contributed by atoms with van der Waals surface area (Å²) >= 11 is 0. The van der Waals surface area contributed by atoms with Crippen LogP contribution in [-0.4, -0.2) is 6.73 Å². The Bertz CT molecular complexity index is 94.1. The van der Waals surface area contributed by atoms with Crippen LogP contribution in [0.4, 0.5) is 0 Å². The van der Waals surface area contributed by atoms with Crippen LogP contribution in [-0.2, 0) is 24.2 Å². The van der Waals surface area contributed by atoms with Crippen LogP contribution in [0.2, 0.25) is 0 Å². The van der Waals surface area contributed by atoms with Crippen molar-refractivity contribution >= 4 is 0 Å². The normalized spacial score (nSPS) is 6.09. The third-order valence-electron chi connectivity index (χ3n) is 0.516. The van der Waals surface area contributed by atoms with Crippen molar-refractivity contribution in [2.45, 2.75) is 20.8 Å². The Labute approximate surface area is 82.5 Å². The minimum Gasteiger partial charge on any atom is -0.537 e. The Kier molecular flexibility index (Phi) is 25.3. The van der Waals surface area contributed by atoms with Gasteiger partial charge in [0.15, 0.2) is 0 Å². The quantitative estimate of drug-likeness (QED) is 0.204. The first kappa shape index (κ1) is 17.0. The zero-order valence-corrected chi connectivity index (χ0v) is 9.00. The minimum absolute atomic E-state index is 0. The third kappa shape index (κ3) is 26.0. The van der Waals surface area contributed by atoms with Gasteiger partial charge in [0, 0.05) is 19.5 Å². The summed E-state index contributed by atoms with van der Waals surface area (Å²) in [6, 6.07) is 0. The molecule has 0 spiro atoms. The maximum Gasteiger partial charge on any atom is 0.128 e. The molecule has 0 aliphatic rings. The summed E-state index contributed by atoms with van der Waals surface area (Å²) in [6.07, 6.45) is 2.46. The smallest absolute Gasteiger partial charge is 0.128 e. The molecule has 1 N–H and O–H groups in total. The number of ether oxygens (including phenoxy) is 1. The van der Waals surface area contributed by atoms with Gasteiger partial charge in [-0.2, -0.15) is 0 Å². The summed E-state index contributed by atoms with van der Waals surface area (Å²) in [6.45, 7) is 13.0. The van der Waals surface area contributed by atoms with E-state index in [-0.39, 0.29) is 19.5 Å². The molecule has 0 aromatic rings. The summed E-state index contributed by atoms with van der Waals surface area (Å²) in [5, 5.41) is 2.64. The summed E-state index contributed by atoms with van der Waals surface area (Å²) in [5.74, 6) is 0.688. The van der Waals surface area contributed by atoms with Gasteiger partial charge in [0.05, 0.1) is 5.76 Å². The molecule has 0 bridgehead atoms. The first-order chi connectivity index (χ1) is 4.77. The van der Waals surface area contributed by atoms with Gasteiger partial charge >= 0.3 is 0 Å². The Morgan fingerprint density at radius 2 is 2.00 bits per heavy atom. The number of rotatable bonds is 4. The first-order valence-electron chi connectivity index (χ1n) is 3.30. The topological polar surface area (TPSA) is 21.3 Å². The molecule has 0 atom stereocenters. The molecule has 0 rings (SSSR count). The second-order valence-corrected chi connectivity index (χ2v) is 1.34. The van der Waals surface area contributed by atoms with Crippen LogP contribution in [0.5, 0.6) is 0 Å². The number of hydrogen-bond donors (Lipinski definition) is 1. The summed E-state index contributed by atoms with van der Waals surface area (Å²) in [7, 11) is 0. The van der Waals surface area contributed by atoms with Crippen molar-refractivity contribution in [3.05, 3.63) is 25.1 Å². The predicted octanol–water partition coefficient (Wildman–Crippen LogP) is 2.05. The molecule has 11 heavy (non-hydrogen) atoms. The molecule has 2 nitrogen and oxygen atoms in total. The van der Waals surface area contributed by atoms with E-state index >= 15 is 0 Å². The van der Waals surface area contributed by atoms with Crippen LogP contribution in [0.25, 0.3) is 0 Å². The average molecular weight is 245 g/mol. The summed E-state index contributed by atoms with van der Waals surface area (Å²) in [5.41, 5.74) is 0. The van der Waals surface area contributed by atoms with E-state index in [1.807, 2.05) is 13.8 Å². The van der Waals surface area contributed by atoms with Gasteiger partial charge in [-0.15, -0.1) is 0 Å². The fraction of sp³-hybridized carbons (Fsp3) is 0.500. The zero-order valence-electron chi connectivity index (χ0n) is 7.36. The van der Waals surface area contributed by atoms with Crippen molar-refractivity contribution in [2.75, 3.05) is 6.73 Å². The third-order valence-corrected chi connectivity index (χ3v) is 0.516. The van der Waals surface area contributed by atoms with Crippen molar-refractivity contribution in [3.8, 4) is 0 Å². The van der Waals surface area contributed by atoms with E-state index in [0.29, 0.717) is 12.5 Å². The van der Waals surface area contributed by atoms with Crippen LogP contribution in [0.3, 0.4) is 0 Å². The monoisotopic (exact) mass is 245 g/mol. The van der Waals surface area contributed by atoms with Crippen LogP contribution in [0.15, 0.2) is 18.9 Å². The number of hydrogen-bond acceptors (Lipinski definition) is 2. The molecule has 0 heterocycles. The van der Waals surface area contributed by atoms with Gasteiger partial charge in [-0.05, 0) is 6.92 Å². The Morgan fingerprint density at radius 3 is 2.27 bits per heavy atom. The van der Waals surface area contributed by atoms with Crippen LogP contribution in [0, 0.1) is 6.20 Å². The van der Waals surface area contributed by atoms with Crippen LogP contribution < -0.4 is 5.32 Å². The van der Waals surface area contributed by atoms with Crippen molar-refractivity contribution in [2.24, 2.45) is 0 Å². The molecule has 3 heteroatoms. The summed E-state index contributed by atoms with van der Waals surface area (Å²) < 4.78 is 4.87. The molecule has 69 valence electrons. The van der Waals surface area contributed by atoms with Crippen molar-refractivity contribution in [1.29, 1.82) is 0 Å². The van der Waals surface area contributed by atoms with Crippen molar-refractivity contribution in [3.63, 3.8) is 0 Å². The Hall–Kier alpha value is -0.297. The van der Waals surface area contributed by atoms with E-state index in [2.05, 4.69) is 24.7 Å². The van der Waals surface area contributed by atoms with E-state index in [4.69, 9.17) is 4.74 Å². The largest absolute Gasteiger partial charge is 0.537 e. The Balaban J connectivity index is -0.000000196. The number of nitrogens with one attached hydrogen (secondary N) is 1. The average Bonchev–Trinajstić information content (AvgIpc) is 1.92. The van der Waals surface area contributed by atoms with E-state index < -0.39 is 0 Å². The molecule has 0 saturated carbocycles. The summed E-state index contributed by atoms with van der Waals surface area (Å²) in [4.78, 5) is 0. The van der Waals surface area contributed by atoms with Gasteiger partial charge in [0.2, 0.25) is 0 Å². The van der Waals surface area contributed by atoms with Crippen molar-refractivity contribution < 1.29 is 24.2 Å². The molecule has 1 radical (unpaired) electrons. The van der Waals surface area contributed by atoms with Crippen LogP contribution in [0.1, 0.15) is 20.8 Å². The Morgan fingerprint density at radius 1 is 1.55 bits per heavy atom.